The van der Waals surface area contributed by atoms with E-state index in [9.17, 15) is 17.6 Å². The van der Waals surface area contributed by atoms with Crippen LogP contribution in [0.25, 0.3) is 0 Å². The largest absolute Gasteiger partial charge is 0.483 e. The first-order valence-electron chi connectivity index (χ1n) is 6.48. The molecule has 0 aliphatic heterocycles. The Hall–Kier alpha value is -2.04. The van der Waals surface area contributed by atoms with E-state index in [1.54, 1.807) is 24.3 Å². The van der Waals surface area contributed by atoms with Crippen molar-refractivity contribution in [1.82, 2.24) is 0 Å². The van der Waals surface area contributed by atoms with Crippen molar-refractivity contribution in [2.24, 2.45) is 0 Å². The number of hydrogen-bond donors (Lipinski definition) is 0. The van der Waals surface area contributed by atoms with Crippen LogP contribution in [-0.4, -0.2) is 0 Å². The van der Waals surface area contributed by atoms with Crippen LogP contribution in [0.4, 0.5) is 17.6 Å². The summed E-state index contributed by atoms with van der Waals surface area (Å²) in [4.78, 5) is 0. The van der Waals surface area contributed by atoms with Gasteiger partial charge in [-0.15, -0.1) is 0 Å². The molecule has 0 atom stereocenters. The van der Waals surface area contributed by atoms with Gasteiger partial charge in [0.1, 0.15) is 6.61 Å². The molecule has 112 valence electrons. The van der Waals surface area contributed by atoms with Crippen molar-refractivity contribution in [2.45, 2.75) is 26.9 Å². The summed E-state index contributed by atoms with van der Waals surface area (Å²) in [6, 6.07) is 7.01. The molecule has 0 aliphatic rings. The van der Waals surface area contributed by atoms with E-state index in [1.807, 2.05) is 6.92 Å². The summed E-state index contributed by atoms with van der Waals surface area (Å²) in [5.41, 5.74) is 1.04. The molecule has 2 aromatic rings. The Morgan fingerprint density at radius 1 is 0.857 bits per heavy atom. The number of halogens is 4. The Kier molecular flexibility index (Phi) is 4.50. The molecule has 0 saturated carbocycles. The summed E-state index contributed by atoms with van der Waals surface area (Å²) in [5.74, 6) is -6.84. The molecule has 2 rings (SSSR count). The van der Waals surface area contributed by atoms with Crippen LogP contribution in [0, 0.1) is 30.2 Å². The van der Waals surface area contributed by atoms with Gasteiger partial charge in [0.15, 0.2) is 17.4 Å². The zero-order valence-corrected chi connectivity index (χ0v) is 11.6. The van der Waals surface area contributed by atoms with E-state index in [-0.39, 0.29) is 13.0 Å². The fraction of sp³-hybridized carbons (Fsp3) is 0.250. The Labute approximate surface area is 120 Å². The Bertz CT molecular complexity index is 621. The lowest BCUT2D eigenvalue weighted by Crippen LogP contribution is -2.08. The molecule has 1 nitrogen and oxygen atoms in total. The van der Waals surface area contributed by atoms with Gasteiger partial charge in [-0.3, -0.25) is 0 Å². The predicted molar refractivity (Wildman–Crippen MR) is 71.2 cm³/mol. The zero-order chi connectivity index (χ0) is 15.6. The molecule has 0 bridgehead atoms. The lowest BCUT2D eigenvalue weighted by atomic mass is 10.1. The van der Waals surface area contributed by atoms with Crippen molar-refractivity contribution >= 4 is 0 Å². The van der Waals surface area contributed by atoms with E-state index in [2.05, 4.69) is 0 Å². The van der Waals surface area contributed by atoms with Gasteiger partial charge in [-0.1, -0.05) is 36.8 Å². The van der Waals surface area contributed by atoms with E-state index >= 15 is 0 Å². The van der Waals surface area contributed by atoms with Gasteiger partial charge in [-0.05, 0) is 18.9 Å². The Morgan fingerprint density at radius 2 is 1.38 bits per heavy atom. The first-order valence-corrected chi connectivity index (χ1v) is 6.48. The number of benzene rings is 2. The van der Waals surface area contributed by atoms with Crippen molar-refractivity contribution < 1.29 is 22.3 Å². The first-order chi connectivity index (χ1) is 9.95. The van der Waals surface area contributed by atoms with Gasteiger partial charge >= 0.3 is 0 Å². The molecule has 0 aromatic heterocycles. The molecule has 0 spiro atoms. The summed E-state index contributed by atoms with van der Waals surface area (Å²) in [6.45, 7) is 3.11. The fourth-order valence-electron chi connectivity index (χ4n) is 1.93. The summed E-state index contributed by atoms with van der Waals surface area (Å²) >= 11 is 0. The maximum absolute atomic E-state index is 13.8. The zero-order valence-electron chi connectivity index (χ0n) is 11.6. The van der Waals surface area contributed by atoms with Gasteiger partial charge in [-0.2, -0.15) is 8.78 Å². The number of aryl methyl sites for hydroxylation is 1. The third-order valence-corrected chi connectivity index (χ3v) is 3.17. The topological polar surface area (TPSA) is 9.23 Å². The van der Waals surface area contributed by atoms with Gasteiger partial charge in [-0.25, -0.2) is 8.78 Å². The van der Waals surface area contributed by atoms with E-state index in [0.29, 0.717) is 5.56 Å². The normalized spacial score (nSPS) is 10.8. The molecule has 0 unspecified atom stereocenters. The molecule has 0 amide bonds. The van der Waals surface area contributed by atoms with Crippen LogP contribution in [0.15, 0.2) is 24.3 Å². The minimum atomic E-state index is -1.50. The quantitative estimate of drug-likeness (QED) is 0.587. The average molecular weight is 298 g/mol. The highest BCUT2D eigenvalue weighted by Crippen LogP contribution is 2.30. The predicted octanol–water partition coefficient (Wildman–Crippen LogP) is 4.69. The van der Waals surface area contributed by atoms with Crippen molar-refractivity contribution in [3.05, 3.63) is 64.2 Å². The monoisotopic (exact) mass is 298 g/mol. The highest BCUT2D eigenvalue weighted by atomic mass is 19.2. The van der Waals surface area contributed by atoms with Crippen LogP contribution < -0.4 is 4.74 Å². The Morgan fingerprint density at radius 3 is 1.86 bits per heavy atom. The van der Waals surface area contributed by atoms with Crippen molar-refractivity contribution in [2.75, 3.05) is 0 Å². The van der Waals surface area contributed by atoms with Gasteiger partial charge in [0.25, 0.3) is 0 Å². The first kappa shape index (κ1) is 15.4. The summed E-state index contributed by atoms with van der Waals surface area (Å²) in [6.07, 6.45) is -0.149. The molecule has 0 N–H and O–H groups in total. The molecule has 21 heavy (non-hydrogen) atoms. The Balaban J connectivity index is 2.30. The maximum Gasteiger partial charge on any atom is 0.204 e. The number of hydrogen-bond acceptors (Lipinski definition) is 1. The minimum Gasteiger partial charge on any atom is -0.483 e. The van der Waals surface area contributed by atoms with Gasteiger partial charge in [0.2, 0.25) is 11.6 Å². The standard InChI is InChI=1S/C16H14F4O/c1-3-11-12(17)14(19)16(15(20)13(11)18)21-8-10-6-4-9(2)5-7-10/h4-7H,3,8H2,1-2H3. The number of ether oxygens (including phenoxy) is 1. The van der Waals surface area contributed by atoms with Crippen LogP contribution in [0.5, 0.6) is 5.75 Å². The second-order valence-corrected chi connectivity index (χ2v) is 4.69. The number of rotatable bonds is 4. The second-order valence-electron chi connectivity index (χ2n) is 4.69. The summed E-state index contributed by atoms with van der Waals surface area (Å²) in [7, 11) is 0. The molecular weight excluding hydrogens is 284 g/mol. The average Bonchev–Trinajstić information content (AvgIpc) is 2.48. The van der Waals surface area contributed by atoms with Crippen LogP contribution in [0.3, 0.4) is 0 Å². The lowest BCUT2D eigenvalue weighted by molar-refractivity contribution is 0.260. The SMILES string of the molecule is CCc1c(F)c(F)c(OCc2ccc(C)cc2)c(F)c1F. The van der Waals surface area contributed by atoms with Crippen molar-refractivity contribution in [3.63, 3.8) is 0 Å². The second kappa shape index (κ2) is 6.16. The van der Waals surface area contributed by atoms with E-state index in [0.717, 1.165) is 5.56 Å². The fourth-order valence-corrected chi connectivity index (χ4v) is 1.93. The molecule has 0 saturated heterocycles. The summed E-state index contributed by atoms with van der Waals surface area (Å²) < 4.78 is 59.7. The van der Waals surface area contributed by atoms with E-state index < -0.39 is 34.6 Å². The highest BCUT2D eigenvalue weighted by molar-refractivity contribution is 5.35. The van der Waals surface area contributed by atoms with E-state index in [4.69, 9.17) is 4.74 Å². The highest BCUT2D eigenvalue weighted by Gasteiger charge is 2.25. The molecule has 0 heterocycles. The van der Waals surface area contributed by atoms with Crippen LogP contribution in [0.1, 0.15) is 23.6 Å². The third-order valence-electron chi connectivity index (χ3n) is 3.17. The smallest absolute Gasteiger partial charge is 0.204 e. The van der Waals surface area contributed by atoms with Crippen LogP contribution >= 0.6 is 0 Å². The van der Waals surface area contributed by atoms with Gasteiger partial charge in [0.05, 0.1) is 0 Å². The van der Waals surface area contributed by atoms with Gasteiger partial charge < -0.3 is 4.74 Å². The van der Waals surface area contributed by atoms with Gasteiger partial charge in [0, 0.05) is 5.56 Å². The molecule has 2 aromatic carbocycles. The van der Waals surface area contributed by atoms with E-state index in [1.165, 1.54) is 6.92 Å². The van der Waals surface area contributed by atoms with Crippen LogP contribution in [0.2, 0.25) is 0 Å². The third kappa shape index (κ3) is 3.01. The van der Waals surface area contributed by atoms with Crippen molar-refractivity contribution in [1.29, 1.82) is 0 Å². The maximum atomic E-state index is 13.8. The summed E-state index contributed by atoms with van der Waals surface area (Å²) in [5, 5.41) is 0. The molecule has 0 aliphatic carbocycles. The minimum absolute atomic E-state index is 0.149. The van der Waals surface area contributed by atoms with Crippen LogP contribution in [-0.2, 0) is 13.0 Å². The molecule has 5 heteroatoms. The molecule has 0 fully saturated rings. The molecule has 0 radical (unpaired) electrons. The lowest BCUT2D eigenvalue weighted by Gasteiger charge is -2.12. The molecular formula is C16H14F4O. The van der Waals surface area contributed by atoms with Crippen molar-refractivity contribution in [3.8, 4) is 5.75 Å².